The van der Waals surface area contributed by atoms with Crippen molar-refractivity contribution in [2.45, 2.75) is 37.9 Å². The summed E-state index contributed by atoms with van der Waals surface area (Å²) in [6, 6.07) is 29.4. The van der Waals surface area contributed by atoms with Crippen LogP contribution in [0.2, 0.25) is 0 Å². The van der Waals surface area contributed by atoms with Gasteiger partial charge in [0.25, 0.3) is 0 Å². The van der Waals surface area contributed by atoms with Gasteiger partial charge >= 0.3 is 11.9 Å². The predicted octanol–water partition coefficient (Wildman–Crippen LogP) is 7.32. The molecule has 0 N–H and O–H groups in total. The fourth-order valence-electron chi connectivity index (χ4n) is 4.73. The predicted molar refractivity (Wildman–Crippen MR) is 190 cm³/mol. The van der Waals surface area contributed by atoms with E-state index in [9.17, 15) is 9.59 Å². The molecule has 2 aliphatic rings. The van der Waals surface area contributed by atoms with E-state index in [0.29, 0.717) is 37.6 Å². The Labute approximate surface area is 291 Å². The first-order chi connectivity index (χ1) is 24.6. The number of ether oxygens (including phenoxy) is 6. The molecule has 4 aromatic carbocycles. The normalized spacial score (nSPS) is 16.3. The number of carbonyl (C=O) groups is 2. The van der Waals surface area contributed by atoms with Gasteiger partial charge < -0.3 is 28.4 Å². The van der Waals surface area contributed by atoms with E-state index >= 15 is 0 Å². The molecule has 2 fully saturated rings. The first-order valence-corrected chi connectivity index (χ1v) is 16.9. The lowest BCUT2D eigenvalue weighted by Gasteiger charge is -2.07. The van der Waals surface area contributed by atoms with E-state index in [2.05, 4.69) is 9.98 Å². The molecule has 258 valence electrons. The second-order valence-corrected chi connectivity index (χ2v) is 12.0. The molecule has 0 amide bonds. The molecule has 0 saturated carbocycles. The van der Waals surface area contributed by atoms with Crippen molar-refractivity contribution >= 4 is 35.7 Å². The quantitative estimate of drug-likeness (QED) is 0.0439. The third-order valence-corrected chi connectivity index (χ3v) is 7.87. The summed E-state index contributed by atoms with van der Waals surface area (Å²) in [6.45, 7) is 3.34. The number of epoxide rings is 2. The molecule has 0 radical (unpaired) electrons. The Morgan fingerprint density at radius 2 is 0.940 bits per heavy atom. The van der Waals surface area contributed by atoms with Gasteiger partial charge in [-0.15, -0.1) is 0 Å². The molecule has 2 unspecified atom stereocenters. The van der Waals surface area contributed by atoms with Crippen LogP contribution in [0, 0.1) is 0 Å². The number of aliphatic imine (C=N–C) groups is 2. The molecule has 10 nitrogen and oxygen atoms in total. The fourth-order valence-corrected chi connectivity index (χ4v) is 4.73. The van der Waals surface area contributed by atoms with Crippen molar-refractivity contribution in [1.82, 2.24) is 0 Å². The molecule has 0 aromatic heterocycles. The number of benzene rings is 4. The Bertz CT molecular complexity index is 1600. The summed E-state index contributed by atoms with van der Waals surface area (Å²) in [5, 5.41) is 0. The molecular formula is C40H40N2O8. The van der Waals surface area contributed by atoms with Crippen molar-refractivity contribution in [3.63, 3.8) is 0 Å². The van der Waals surface area contributed by atoms with Gasteiger partial charge in [-0.2, -0.15) is 0 Å². The Hall–Kier alpha value is -5.32. The summed E-state index contributed by atoms with van der Waals surface area (Å²) in [6.07, 6.45) is 7.13. The summed E-state index contributed by atoms with van der Waals surface area (Å²) in [7, 11) is 0. The maximum Gasteiger partial charge on any atom is 0.338 e. The van der Waals surface area contributed by atoms with Crippen molar-refractivity contribution in [3.05, 3.63) is 119 Å². The van der Waals surface area contributed by atoms with Crippen LogP contribution in [0.5, 0.6) is 11.5 Å². The fraction of sp³-hybridized carbons (Fsp3) is 0.300. The molecular weight excluding hydrogens is 636 g/mol. The average molecular weight is 677 g/mol. The smallest absolute Gasteiger partial charge is 0.338 e. The number of rotatable bonds is 19. The third-order valence-electron chi connectivity index (χ3n) is 7.87. The zero-order chi connectivity index (χ0) is 34.4. The van der Waals surface area contributed by atoms with Crippen LogP contribution in [0.3, 0.4) is 0 Å². The Balaban J connectivity index is 0.805. The van der Waals surface area contributed by atoms with Crippen molar-refractivity contribution in [1.29, 1.82) is 0 Å². The molecule has 10 heteroatoms. The Morgan fingerprint density at radius 1 is 0.560 bits per heavy atom. The Kier molecular flexibility index (Phi) is 12.4. The molecule has 0 bridgehead atoms. The third kappa shape index (κ3) is 11.7. The topological polar surface area (TPSA) is 121 Å². The van der Waals surface area contributed by atoms with E-state index in [-0.39, 0.29) is 24.1 Å². The van der Waals surface area contributed by atoms with Crippen LogP contribution in [0.25, 0.3) is 0 Å². The monoisotopic (exact) mass is 676 g/mol. The van der Waals surface area contributed by atoms with Crippen LogP contribution in [0.15, 0.2) is 107 Å². The number of nitrogens with zero attached hydrogens (tertiary/aromatic N) is 2. The lowest BCUT2D eigenvalue weighted by atomic mass is 10.1. The minimum absolute atomic E-state index is 0.220. The summed E-state index contributed by atoms with van der Waals surface area (Å²) >= 11 is 0. The van der Waals surface area contributed by atoms with Gasteiger partial charge in [-0.3, -0.25) is 9.98 Å². The number of hydrogen-bond donors (Lipinski definition) is 0. The first kappa shape index (κ1) is 34.5. The van der Waals surface area contributed by atoms with E-state index in [1.807, 2.05) is 72.8 Å². The number of unbranched alkanes of at least 4 members (excludes halogenated alkanes) is 3. The van der Waals surface area contributed by atoms with Gasteiger partial charge in [0, 0.05) is 12.4 Å². The highest BCUT2D eigenvalue weighted by atomic mass is 16.6. The Morgan fingerprint density at radius 3 is 1.30 bits per heavy atom. The SMILES string of the molecule is O=C(OCCCCCCOC(=O)c1ccc(C=Nc2ccc(OCC3CO3)cc2)cc1)c1ccc(C=Nc2ccc(OCC3CO3)cc2)cc1. The lowest BCUT2D eigenvalue weighted by molar-refractivity contribution is 0.0473. The molecule has 0 spiro atoms. The zero-order valence-electron chi connectivity index (χ0n) is 27.8. The van der Waals surface area contributed by atoms with Crippen LogP contribution in [-0.2, 0) is 18.9 Å². The van der Waals surface area contributed by atoms with Gasteiger partial charge in [-0.1, -0.05) is 24.3 Å². The van der Waals surface area contributed by atoms with E-state index in [0.717, 1.165) is 72.9 Å². The molecule has 0 aliphatic carbocycles. The lowest BCUT2D eigenvalue weighted by Crippen LogP contribution is -2.07. The van der Waals surface area contributed by atoms with Crippen LogP contribution in [0.1, 0.15) is 57.5 Å². The number of carbonyl (C=O) groups excluding carboxylic acids is 2. The van der Waals surface area contributed by atoms with E-state index in [1.165, 1.54) is 0 Å². The second-order valence-electron chi connectivity index (χ2n) is 12.0. The molecule has 4 aromatic rings. The molecule has 2 heterocycles. The number of esters is 2. The highest BCUT2D eigenvalue weighted by Gasteiger charge is 2.23. The van der Waals surface area contributed by atoms with E-state index < -0.39 is 0 Å². The van der Waals surface area contributed by atoms with Crippen LogP contribution in [-0.4, -0.2) is 76.2 Å². The average Bonchev–Trinajstić information content (AvgIpc) is 4.10. The van der Waals surface area contributed by atoms with Gasteiger partial charge in [-0.25, -0.2) is 9.59 Å². The van der Waals surface area contributed by atoms with E-state index in [4.69, 9.17) is 28.4 Å². The van der Waals surface area contributed by atoms with Crippen molar-refractivity contribution in [3.8, 4) is 11.5 Å². The maximum absolute atomic E-state index is 12.4. The van der Waals surface area contributed by atoms with Crippen LogP contribution >= 0.6 is 0 Å². The summed E-state index contributed by atoms with van der Waals surface area (Å²) in [4.78, 5) is 33.8. The second kappa shape index (κ2) is 17.9. The van der Waals surface area contributed by atoms with Crippen molar-refractivity contribution in [2.24, 2.45) is 9.98 Å². The highest BCUT2D eigenvalue weighted by Crippen LogP contribution is 2.21. The van der Waals surface area contributed by atoms with Gasteiger partial charge in [0.05, 0.1) is 48.9 Å². The summed E-state index contributed by atoms with van der Waals surface area (Å²) in [5.74, 6) is 0.863. The minimum Gasteiger partial charge on any atom is -0.491 e. The van der Waals surface area contributed by atoms with Crippen LogP contribution < -0.4 is 9.47 Å². The minimum atomic E-state index is -0.355. The largest absolute Gasteiger partial charge is 0.491 e. The first-order valence-electron chi connectivity index (χ1n) is 16.9. The number of hydrogen-bond acceptors (Lipinski definition) is 10. The summed E-state index contributed by atoms with van der Waals surface area (Å²) < 4.78 is 32.4. The van der Waals surface area contributed by atoms with Gasteiger partial charge in [-0.05, 0) is 110 Å². The van der Waals surface area contributed by atoms with Gasteiger partial charge in [0.1, 0.15) is 36.9 Å². The molecule has 6 rings (SSSR count). The zero-order valence-corrected chi connectivity index (χ0v) is 27.8. The molecule has 2 atom stereocenters. The van der Waals surface area contributed by atoms with Gasteiger partial charge in [0.15, 0.2) is 0 Å². The standard InChI is InChI=1S/C40H40N2O8/c43-39(31-9-5-29(6-10-31)23-41-33-13-17-35(18-14-33)47-25-37-27-49-37)45-21-3-1-2-4-22-46-40(44)32-11-7-30(8-12-32)24-42-34-15-19-36(20-16-34)48-26-38-28-50-38/h5-20,23-24,37-38H,1-4,21-22,25-28H2. The summed E-state index contributed by atoms with van der Waals surface area (Å²) in [5.41, 5.74) is 4.34. The van der Waals surface area contributed by atoms with Gasteiger partial charge in [0.2, 0.25) is 0 Å². The molecule has 2 aliphatic heterocycles. The molecule has 2 saturated heterocycles. The van der Waals surface area contributed by atoms with Crippen molar-refractivity contribution in [2.75, 3.05) is 39.6 Å². The van der Waals surface area contributed by atoms with E-state index in [1.54, 1.807) is 36.7 Å². The molecule has 50 heavy (non-hydrogen) atoms. The van der Waals surface area contributed by atoms with Crippen LogP contribution in [0.4, 0.5) is 11.4 Å². The van der Waals surface area contributed by atoms with Crippen molar-refractivity contribution < 1.29 is 38.0 Å². The highest BCUT2D eigenvalue weighted by molar-refractivity contribution is 5.91. The maximum atomic E-state index is 12.4.